The molecule has 104 valence electrons. The van der Waals surface area contributed by atoms with Crippen LogP contribution in [0.15, 0.2) is 42.5 Å². The number of nitrogen functional groups attached to an aromatic ring is 1. The maximum Gasteiger partial charge on any atom is 0.259 e. The number of hydrogen-bond acceptors (Lipinski definition) is 2. The third-order valence-electron chi connectivity index (χ3n) is 3.10. The van der Waals surface area contributed by atoms with Crippen molar-refractivity contribution in [2.45, 2.75) is 13.8 Å². The zero-order valence-corrected chi connectivity index (χ0v) is 12.3. The number of carbonyl (C=O) groups is 1. The van der Waals surface area contributed by atoms with Crippen LogP contribution in [0.4, 0.5) is 11.4 Å². The molecule has 0 unspecified atom stereocenters. The molecule has 2 rings (SSSR count). The van der Waals surface area contributed by atoms with Crippen molar-refractivity contribution in [1.82, 2.24) is 0 Å². The molecular weight excluding hydrogens is 272 g/mol. The third kappa shape index (κ3) is 2.94. The van der Waals surface area contributed by atoms with Crippen molar-refractivity contribution in [2.75, 3.05) is 17.2 Å². The Balaban J connectivity index is 2.39. The third-order valence-corrected chi connectivity index (χ3v) is 3.41. The summed E-state index contributed by atoms with van der Waals surface area (Å²) in [5.41, 5.74) is 8.70. The van der Waals surface area contributed by atoms with E-state index in [4.69, 9.17) is 17.3 Å². The highest BCUT2D eigenvalue weighted by molar-refractivity contribution is 6.34. The maximum atomic E-state index is 12.6. The van der Waals surface area contributed by atoms with Gasteiger partial charge in [-0.15, -0.1) is 0 Å². The lowest BCUT2D eigenvalue weighted by atomic mass is 10.1. The number of amides is 1. The zero-order valence-electron chi connectivity index (χ0n) is 11.6. The summed E-state index contributed by atoms with van der Waals surface area (Å²) in [4.78, 5) is 14.3. The van der Waals surface area contributed by atoms with Gasteiger partial charge in [-0.1, -0.05) is 23.7 Å². The lowest BCUT2D eigenvalue weighted by Gasteiger charge is -2.22. The normalized spacial score (nSPS) is 10.3. The summed E-state index contributed by atoms with van der Waals surface area (Å²) in [6.07, 6.45) is 0. The number of rotatable bonds is 3. The van der Waals surface area contributed by atoms with Crippen LogP contribution in [-0.2, 0) is 0 Å². The standard InChI is InChI=1S/C16H17ClN2O/c1-3-19(13-6-4-5-12(18)10-13)16(20)14-8-7-11(2)9-15(14)17/h4-10H,3,18H2,1-2H3. The number of nitrogens with two attached hydrogens (primary N) is 1. The molecule has 3 nitrogen and oxygen atoms in total. The molecule has 0 atom stereocenters. The van der Waals surface area contributed by atoms with E-state index in [1.807, 2.05) is 32.0 Å². The van der Waals surface area contributed by atoms with Gasteiger partial charge in [0.2, 0.25) is 0 Å². The molecule has 2 aromatic carbocycles. The summed E-state index contributed by atoms with van der Waals surface area (Å²) in [7, 11) is 0. The molecule has 0 radical (unpaired) electrons. The topological polar surface area (TPSA) is 46.3 Å². The second-order valence-electron chi connectivity index (χ2n) is 4.63. The molecule has 0 aliphatic heterocycles. The molecule has 0 saturated heterocycles. The number of hydrogen-bond donors (Lipinski definition) is 1. The van der Waals surface area contributed by atoms with E-state index in [2.05, 4.69) is 0 Å². The fourth-order valence-electron chi connectivity index (χ4n) is 2.08. The lowest BCUT2D eigenvalue weighted by Crippen LogP contribution is -2.30. The van der Waals surface area contributed by atoms with E-state index in [1.165, 1.54) is 0 Å². The quantitative estimate of drug-likeness (QED) is 0.871. The first-order valence-corrected chi connectivity index (χ1v) is 6.84. The van der Waals surface area contributed by atoms with E-state index < -0.39 is 0 Å². The van der Waals surface area contributed by atoms with Gasteiger partial charge in [0.1, 0.15) is 0 Å². The summed E-state index contributed by atoms with van der Waals surface area (Å²) in [5.74, 6) is -0.122. The summed E-state index contributed by atoms with van der Waals surface area (Å²) < 4.78 is 0. The second-order valence-corrected chi connectivity index (χ2v) is 5.03. The molecule has 0 bridgehead atoms. The van der Waals surface area contributed by atoms with Gasteiger partial charge in [0.05, 0.1) is 10.6 Å². The summed E-state index contributed by atoms with van der Waals surface area (Å²) in [5, 5.41) is 0.470. The molecule has 0 saturated carbocycles. The molecule has 0 aromatic heterocycles. The average molecular weight is 289 g/mol. The van der Waals surface area contributed by atoms with Crippen molar-refractivity contribution < 1.29 is 4.79 Å². The number of anilines is 2. The molecule has 0 aliphatic carbocycles. The van der Waals surface area contributed by atoms with Crippen LogP contribution in [0.1, 0.15) is 22.8 Å². The molecule has 0 aliphatic rings. The molecule has 4 heteroatoms. The highest BCUT2D eigenvalue weighted by Gasteiger charge is 2.18. The van der Waals surface area contributed by atoms with E-state index >= 15 is 0 Å². The minimum absolute atomic E-state index is 0.122. The Morgan fingerprint density at radius 3 is 2.60 bits per heavy atom. The Kier molecular flexibility index (Phi) is 4.30. The van der Waals surface area contributed by atoms with Crippen LogP contribution in [0.5, 0.6) is 0 Å². The average Bonchev–Trinajstić information content (AvgIpc) is 2.39. The van der Waals surface area contributed by atoms with Crippen LogP contribution < -0.4 is 10.6 Å². The van der Waals surface area contributed by atoms with Gasteiger partial charge in [-0.3, -0.25) is 4.79 Å². The smallest absolute Gasteiger partial charge is 0.259 e. The lowest BCUT2D eigenvalue weighted by molar-refractivity contribution is 0.0988. The molecule has 0 fully saturated rings. The fraction of sp³-hybridized carbons (Fsp3) is 0.188. The molecule has 20 heavy (non-hydrogen) atoms. The minimum atomic E-state index is -0.122. The Bertz CT molecular complexity index is 640. The van der Waals surface area contributed by atoms with Gasteiger partial charge in [0, 0.05) is 17.9 Å². The Morgan fingerprint density at radius 2 is 2.00 bits per heavy atom. The molecule has 2 aromatic rings. The van der Waals surface area contributed by atoms with Crippen LogP contribution >= 0.6 is 11.6 Å². The van der Waals surface area contributed by atoms with Crippen molar-refractivity contribution in [3.8, 4) is 0 Å². The Labute approximate surface area is 124 Å². The monoisotopic (exact) mass is 288 g/mol. The van der Waals surface area contributed by atoms with Crippen LogP contribution in [0.25, 0.3) is 0 Å². The molecule has 0 heterocycles. The first-order chi connectivity index (χ1) is 9.52. The van der Waals surface area contributed by atoms with E-state index in [-0.39, 0.29) is 5.91 Å². The van der Waals surface area contributed by atoms with Gasteiger partial charge in [-0.05, 0) is 49.7 Å². The van der Waals surface area contributed by atoms with Crippen molar-refractivity contribution in [3.05, 3.63) is 58.6 Å². The fourth-order valence-corrected chi connectivity index (χ4v) is 2.39. The van der Waals surface area contributed by atoms with Crippen molar-refractivity contribution in [2.24, 2.45) is 0 Å². The van der Waals surface area contributed by atoms with Gasteiger partial charge in [-0.25, -0.2) is 0 Å². The Hall–Kier alpha value is -2.00. The van der Waals surface area contributed by atoms with Gasteiger partial charge >= 0.3 is 0 Å². The first kappa shape index (κ1) is 14.4. The highest BCUT2D eigenvalue weighted by atomic mass is 35.5. The summed E-state index contributed by atoms with van der Waals surface area (Å²) in [6, 6.07) is 12.7. The van der Waals surface area contributed by atoms with Gasteiger partial charge in [0.25, 0.3) is 5.91 Å². The van der Waals surface area contributed by atoms with Gasteiger partial charge in [-0.2, -0.15) is 0 Å². The minimum Gasteiger partial charge on any atom is -0.399 e. The predicted octanol–water partition coefficient (Wildman–Crippen LogP) is 3.90. The number of halogens is 1. The number of carbonyl (C=O) groups excluding carboxylic acids is 1. The highest BCUT2D eigenvalue weighted by Crippen LogP contribution is 2.24. The van der Waals surface area contributed by atoms with Crippen LogP contribution in [0.3, 0.4) is 0 Å². The van der Waals surface area contributed by atoms with Crippen LogP contribution in [0.2, 0.25) is 5.02 Å². The molecule has 2 N–H and O–H groups in total. The van der Waals surface area contributed by atoms with E-state index in [0.29, 0.717) is 22.8 Å². The van der Waals surface area contributed by atoms with Gasteiger partial charge in [0.15, 0.2) is 0 Å². The van der Waals surface area contributed by atoms with E-state index in [1.54, 1.807) is 29.2 Å². The summed E-state index contributed by atoms with van der Waals surface area (Å²) >= 11 is 6.17. The maximum absolute atomic E-state index is 12.6. The van der Waals surface area contributed by atoms with E-state index in [0.717, 1.165) is 11.3 Å². The molecule has 1 amide bonds. The van der Waals surface area contributed by atoms with Crippen LogP contribution in [0, 0.1) is 6.92 Å². The number of benzene rings is 2. The first-order valence-electron chi connectivity index (χ1n) is 6.46. The summed E-state index contributed by atoms with van der Waals surface area (Å²) in [6.45, 7) is 4.41. The van der Waals surface area contributed by atoms with Crippen molar-refractivity contribution in [3.63, 3.8) is 0 Å². The number of aryl methyl sites for hydroxylation is 1. The van der Waals surface area contributed by atoms with Gasteiger partial charge < -0.3 is 10.6 Å². The van der Waals surface area contributed by atoms with Crippen molar-refractivity contribution >= 4 is 28.9 Å². The predicted molar refractivity (Wildman–Crippen MR) is 84.4 cm³/mol. The van der Waals surface area contributed by atoms with E-state index in [9.17, 15) is 4.79 Å². The molecule has 0 spiro atoms. The largest absolute Gasteiger partial charge is 0.399 e. The zero-order chi connectivity index (χ0) is 14.7. The number of nitrogens with zero attached hydrogens (tertiary/aromatic N) is 1. The molecular formula is C16H17ClN2O. The van der Waals surface area contributed by atoms with Crippen molar-refractivity contribution in [1.29, 1.82) is 0 Å². The van der Waals surface area contributed by atoms with Crippen LogP contribution in [-0.4, -0.2) is 12.5 Å². The SMILES string of the molecule is CCN(C(=O)c1ccc(C)cc1Cl)c1cccc(N)c1. The second kappa shape index (κ2) is 5.97. The Morgan fingerprint density at radius 1 is 1.25 bits per heavy atom.